The molecule has 2 heterocycles. The van der Waals surface area contributed by atoms with Crippen molar-refractivity contribution in [2.75, 3.05) is 6.61 Å². The number of unbranched alkanes of at least 4 members (excludes halogenated alkanes) is 1. The third-order valence-electron chi connectivity index (χ3n) is 5.30. The smallest absolute Gasteiger partial charge is 0.272 e. The number of carbonyl (C=O) groups is 1. The van der Waals surface area contributed by atoms with Crippen LogP contribution in [0.5, 0.6) is 5.75 Å². The fourth-order valence-electron chi connectivity index (χ4n) is 3.53. The molecule has 0 spiro atoms. The van der Waals surface area contributed by atoms with E-state index in [0.29, 0.717) is 17.9 Å². The van der Waals surface area contributed by atoms with Crippen molar-refractivity contribution in [3.8, 4) is 17.0 Å². The minimum atomic E-state index is -0.299. The van der Waals surface area contributed by atoms with Gasteiger partial charge in [-0.15, -0.1) is 0 Å². The van der Waals surface area contributed by atoms with Gasteiger partial charge in [-0.05, 0) is 49.7 Å². The molecule has 0 saturated carbocycles. The van der Waals surface area contributed by atoms with E-state index in [1.165, 1.54) is 0 Å². The predicted octanol–water partition coefficient (Wildman–Crippen LogP) is 4.89. The third kappa shape index (κ3) is 5.26. The van der Waals surface area contributed by atoms with Gasteiger partial charge in [-0.2, -0.15) is 10.2 Å². The molecule has 0 aliphatic heterocycles. The molecule has 0 aliphatic carbocycles. The highest BCUT2D eigenvalue weighted by molar-refractivity contribution is 6.07. The lowest BCUT2D eigenvalue weighted by molar-refractivity contribution is 0.0956. The molecule has 0 fully saturated rings. The highest BCUT2D eigenvalue weighted by atomic mass is 16.5. The summed E-state index contributed by atoms with van der Waals surface area (Å²) in [5.74, 6) is 0.526. The van der Waals surface area contributed by atoms with Crippen LogP contribution in [-0.2, 0) is 7.05 Å². The fraction of sp³-hybridized carbons (Fsp3) is 0.231. The summed E-state index contributed by atoms with van der Waals surface area (Å²) in [5, 5.41) is 9.18. The summed E-state index contributed by atoms with van der Waals surface area (Å²) < 4.78 is 7.46. The zero-order chi connectivity index (χ0) is 23.2. The van der Waals surface area contributed by atoms with Gasteiger partial charge < -0.3 is 4.74 Å². The molecule has 0 aliphatic rings. The summed E-state index contributed by atoms with van der Waals surface area (Å²) >= 11 is 0. The lowest BCUT2D eigenvalue weighted by Crippen LogP contribution is -2.18. The van der Waals surface area contributed by atoms with Gasteiger partial charge in [0.2, 0.25) is 0 Å². The zero-order valence-electron chi connectivity index (χ0n) is 19.1. The van der Waals surface area contributed by atoms with Gasteiger partial charge in [0, 0.05) is 29.8 Å². The first kappa shape index (κ1) is 22.2. The molecular formula is C26H27N5O2. The Morgan fingerprint density at radius 2 is 1.97 bits per heavy atom. The van der Waals surface area contributed by atoms with Crippen molar-refractivity contribution in [2.45, 2.75) is 26.7 Å². The first-order valence-corrected chi connectivity index (χ1v) is 11.0. The summed E-state index contributed by atoms with van der Waals surface area (Å²) in [5.41, 5.74) is 7.21. The zero-order valence-corrected chi connectivity index (χ0v) is 19.1. The second-order valence-electron chi connectivity index (χ2n) is 7.84. The highest BCUT2D eigenvalue weighted by Gasteiger charge is 2.14. The Kier molecular flexibility index (Phi) is 6.78. The quantitative estimate of drug-likeness (QED) is 0.240. The van der Waals surface area contributed by atoms with Crippen molar-refractivity contribution in [1.82, 2.24) is 20.2 Å². The largest absolute Gasteiger partial charge is 0.494 e. The van der Waals surface area contributed by atoms with Crippen LogP contribution in [0, 0.1) is 6.92 Å². The van der Waals surface area contributed by atoms with Gasteiger partial charge in [0.1, 0.15) is 5.75 Å². The number of hydrazone groups is 1. The number of aryl methyl sites for hydroxylation is 2. The molecule has 2 aromatic heterocycles. The van der Waals surface area contributed by atoms with Crippen molar-refractivity contribution in [1.29, 1.82) is 0 Å². The van der Waals surface area contributed by atoms with E-state index in [0.717, 1.165) is 46.3 Å². The average Bonchev–Trinajstić information content (AvgIpc) is 3.15. The Morgan fingerprint density at radius 3 is 2.70 bits per heavy atom. The van der Waals surface area contributed by atoms with Crippen molar-refractivity contribution in [3.63, 3.8) is 0 Å². The van der Waals surface area contributed by atoms with E-state index in [4.69, 9.17) is 9.72 Å². The Hall–Kier alpha value is -4.00. The number of aromatic nitrogens is 3. The van der Waals surface area contributed by atoms with Gasteiger partial charge >= 0.3 is 0 Å². The minimum absolute atomic E-state index is 0.299. The van der Waals surface area contributed by atoms with E-state index < -0.39 is 0 Å². The van der Waals surface area contributed by atoms with Crippen LogP contribution in [0.15, 0.2) is 65.9 Å². The van der Waals surface area contributed by atoms with Gasteiger partial charge in [0.15, 0.2) is 0 Å². The number of fused-ring (bicyclic) bond motifs is 1. The molecule has 0 atom stereocenters. The molecule has 1 amide bonds. The highest BCUT2D eigenvalue weighted by Crippen LogP contribution is 2.26. The van der Waals surface area contributed by atoms with Gasteiger partial charge in [-0.3, -0.25) is 9.48 Å². The number of benzene rings is 2. The van der Waals surface area contributed by atoms with Crippen LogP contribution in [0.2, 0.25) is 0 Å². The first-order valence-electron chi connectivity index (χ1n) is 11.0. The van der Waals surface area contributed by atoms with Crippen molar-refractivity contribution < 1.29 is 9.53 Å². The number of amides is 1. The molecule has 4 rings (SSSR count). The van der Waals surface area contributed by atoms with E-state index in [2.05, 4.69) is 22.5 Å². The van der Waals surface area contributed by atoms with Crippen molar-refractivity contribution in [2.24, 2.45) is 12.1 Å². The van der Waals surface area contributed by atoms with Crippen LogP contribution in [0.1, 0.15) is 41.4 Å². The number of ether oxygens (including phenoxy) is 1. The van der Waals surface area contributed by atoms with Crippen LogP contribution in [-0.4, -0.2) is 33.5 Å². The number of hydrogen-bond donors (Lipinski definition) is 1. The van der Waals surface area contributed by atoms with E-state index >= 15 is 0 Å². The van der Waals surface area contributed by atoms with E-state index in [-0.39, 0.29) is 5.91 Å². The average molecular weight is 442 g/mol. The SMILES string of the molecule is CCCCOc1ccc(-c2cc(C(=O)N/N=C\c3cn(C)nc3C)c3ccccc3n2)cc1. The molecule has 0 radical (unpaired) electrons. The normalized spacial score (nSPS) is 11.2. The minimum Gasteiger partial charge on any atom is -0.494 e. The van der Waals surface area contributed by atoms with Crippen LogP contribution >= 0.6 is 0 Å². The maximum absolute atomic E-state index is 13.0. The number of nitrogens with zero attached hydrogens (tertiary/aromatic N) is 4. The topological polar surface area (TPSA) is 81.4 Å². The van der Waals surface area contributed by atoms with Crippen molar-refractivity contribution >= 4 is 23.0 Å². The number of rotatable bonds is 8. The maximum Gasteiger partial charge on any atom is 0.272 e. The molecule has 168 valence electrons. The molecule has 0 saturated heterocycles. The third-order valence-corrected chi connectivity index (χ3v) is 5.30. The molecular weight excluding hydrogens is 414 g/mol. The summed E-state index contributed by atoms with van der Waals surface area (Å²) in [6.07, 6.45) is 5.56. The van der Waals surface area contributed by atoms with Gasteiger partial charge in [0.05, 0.1) is 35.3 Å². The molecule has 7 nitrogen and oxygen atoms in total. The molecule has 0 unspecified atom stereocenters. The monoisotopic (exact) mass is 441 g/mol. The van der Waals surface area contributed by atoms with Crippen LogP contribution in [0.25, 0.3) is 22.2 Å². The number of carbonyl (C=O) groups excluding carboxylic acids is 1. The number of hydrogen-bond acceptors (Lipinski definition) is 5. The number of nitrogens with one attached hydrogen (secondary N) is 1. The lowest BCUT2D eigenvalue weighted by atomic mass is 10.0. The summed E-state index contributed by atoms with van der Waals surface area (Å²) in [6.45, 7) is 4.73. The summed E-state index contributed by atoms with van der Waals surface area (Å²) in [7, 11) is 1.84. The van der Waals surface area contributed by atoms with Gasteiger partial charge in [0.25, 0.3) is 5.91 Å². The lowest BCUT2D eigenvalue weighted by Gasteiger charge is -2.10. The van der Waals surface area contributed by atoms with E-state index in [9.17, 15) is 4.79 Å². The second-order valence-corrected chi connectivity index (χ2v) is 7.84. The predicted molar refractivity (Wildman–Crippen MR) is 131 cm³/mol. The summed E-state index contributed by atoms with van der Waals surface area (Å²) in [6, 6.07) is 17.2. The molecule has 4 aromatic rings. The first-order chi connectivity index (χ1) is 16.0. The Morgan fingerprint density at radius 1 is 1.18 bits per heavy atom. The number of pyridine rings is 1. The number of para-hydroxylation sites is 1. The maximum atomic E-state index is 13.0. The fourth-order valence-corrected chi connectivity index (χ4v) is 3.53. The van der Waals surface area contributed by atoms with Crippen LogP contribution in [0.4, 0.5) is 0 Å². The Balaban J connectivity index is 1.60. The van der Waals surface area contributed by atoms with Gasteiger partial charge in [-0.1, -0.05) is 31.5 Å². The van der Waals surface area contributed by atoms with E-state index in [1.54, 1.807) is 17.0 Å². The molecule has 1 N–H and O–H groups in total. The standard InChI is InChI=1S/C26H27N5O2/c1-4-5-14-33-21-12-10-19(11-13-21)25-15-23(22-8-6-7-9-24(22)28-25)26(32)29-27-16-20-17-31(3)30-18(20)2/h6-13,15-17H,4-5,14H2,1-3H3,(H,29,32)/b27-16-. The molecule has 0 bridgehead atoms. The molecule has 33 heavy (non-hydrogen) atoms. The van der Waals surface area contributed by atoms with Crippen molar-refractivity contribution in [3.05, 3.63) is 77.6 Å². The van der Waals surface area contributed by atoms with Gasteiger partial charge in [-0.25, -0.2) is 10.4 Å². The Labute approximate surface area is 193 Å². The van der Waals surface area contributed by atoms with E-state index in [1.807, 2.05) is 68.7 Å². The van der Waals surface area contributed by atoms with Crippen LogP contribution in [0.3, 0.4) is 0 Å². The van der Waals surface area contributed by atoms with Crippen LogP contribution < -0.4 is 10.2 Å². The Bertz CT molecular complexity index is 1290. The summed E-state index contributed by atoms with van der Waals surface area (Å²) in [4.78, 5) is 17.8. The second kappa shape index (κ2) is 10.1. The molecule has 2 aromatic carbocycles. The molecule has 7 heteroatoms.